The van der Waals surface area contributed by atoms with Gasteiger partial charge < -0.3 is 9.88 Å². The number of fused-ring (bicyclic) bond motifs is 3. The number of para-hydroxylation sites is 1. The SMILES string of the molecule is O=C(Cn1ccc(=O)[nH]c1=O)N1CCc2[nH]c3c(Cl)cccc3c2C1. The van der Waals surface area contributed by atoms with E-state index in [0.29, 0.717) is 24.5 Å². The zero-order chi connectivity index (χ0) is 17.6. The second-order valence-electron chi connectivity index (χ2n) is 6.05. The summed E-state index contributed by atoms with van der Waals surface area (Å²) in [6, 6.07) is 6.93. The van der Waals surface area contributed by atoms with Crippen molar-refractivity contribution in [3.05, 3.63) is 67.6 Å². The fourth-order valence-corrected chi connectivity index (χ4v) is 3.45. The number of carbonyl (C=O) groups excluding carboxylic acids is 1. The third-order valence-electron chi connectivity index (χ3n) is 4.51. The molecule has 8 heteroatoms. The number of amides is 1. The van der Waals surface area contributed by atoms with Crippen molar-refractivity contribution in [2.24, 2.45) is 0 Å². The van der Waals surface area contributed by atoms with E-state index < -0.39 is 11.2 Å². The number of halogens is 1. The maximum absolute atomic E-state index is 12.6. The average Bonchev–Trinajstić information content (AvgIpc) is 2.97. The molecule has 25 heavy (non-hydrogen) atoms. The van der Waals surface area contributed by atoms with Crippen molar-refractivity contribution in [2.45, 2.75) is 19.5 Å². The number of carbonyl (C=O) groups is 1. The molecule has 0 atom stereocenters. The van der Waals surface area contributed by atoms with Crippen LogP contribution in [0.2, 0.25) is 5.02 Å². The molecule has 2 aromatic heterocycles. The molecule has 3 aromatic rings. The van der Waals surface area contributed by atoms with Crippen molar-refractivity contribution < 1.29 is 4.79 Å². The predicted octanol–water partition coefficient (Wildman–Crippen LogP) is 1.26. The smallest absolute Gasteiger partial charge is 0.328 e. The van der Waals surface area contributed by atoms with Gasteiger partial charge in [0.15, 0.2) is 0 Å². The lowest BCUT2D eigenvalue weighted by Crippen LogP contribution is -2.40. The Bertz CT molecular complexity index is 1100. The first-order valence-corrected chi connectivity index (χ1v) is 8.26. The fourth-order valence-electron chi connectivity index (χ4n) is 3.23. The van der Waals surface area contributed by atoms with Crippen LogP contribution in [0.5, 0.6) is 0 Å². The molecule has 1 aromatic carbocycles. The number of H-pyrrole nitrogens is 2. The van der Waals surface area contributed by atoms with Crippen molar-refractivity contribution in [3.63, 3.8) is 0 Å². The maximum Gasteiger partial charge on any atom is 0.328 e. The summed E-state index contributed by atoms with van der Waals surface area (Å²) < 4.78 is 1.20. The van der Waals surface area contributed by atoms with E-state index in [4.69, 9.17) is 11.6 Å². The molecule has 3 heterocycles. The van der Waals surface area contributed by atoms with Gasteiger partial charge in [-0.25, -0.2) is 4.79 Å². The molecule has 0 unspecified atom stereocenters. The molecule has 2 N–H and O–H groups in total. The molecular weight excluding hydrogens is 344 g/mol. The van der Waals surface area contributed by atoms with Crippen LogP contribution in [0.4, 0.5) is 0 Å². The normalized spacial score (nSPS) is 13.9. The second kappa shape index (κ2) is 5.93. The van der Waals surface area contributed by atoms with E-state index in [2.05, 4.69) is 9.97 Å². The first kappa shape index (κ1) is 15.7. The van der Waals surface area contributed by atoms with Crippen LogP contribution in [0, 0.1) is 0 Å². The van der Waals surface area contributed by atoms with Gasteiger partial charge in [0.1, 0.15) is 6.54 Å². The van der Waals surface area contributed by atoms with Gasteiger partial charge in [-0.2, -0.15) is 0 Å². The number of hydrogen-bond acceptors (Lipinski definition) is 3. The lowest BCUT2D eigenvalue weighted by Gasteiger charge is -2.27. The minimum atomic E-state index is -0.586. The number of aromatic nitrogens is 3. The Balaban J connectivity index is 1.60. The van der Waals surface area contributed by atoms with Gasteiger partial charge in [0.25, 0.3) is 5.56 Å². The molecule has 0 saturated carbocycles. The van der Waals surface area contributed by atoms with Crippen LogP contribution >= 0.6 is 11.6 Å². The van der Waals surface area contributed by atoms with Gasteiger partial charge in [-0.3, -0.25) is 19.1 Å². The number of nitrogens with zero attached hydrogens (tertiary/aromatic N) is 2. The van der Waals surface area contributed by atoms with E-state index in [1.54, 1.807) is 4.90 Å². The summed E-state index contributed by atoms with van der Waals surface area (Å²) >= 11 is 6.23. The van der Waals surface area contributed by atoms with Crippen molar-refractivity contribution in [1.29, 1.82) is 0 Å². The molecule has 0 aliphatic carbocycles. The highest BCUT2D eigenvalue weighted by atomic mass is 35.5. The summed E-state index contributed by atoms with van der Waals surface area (Å²) in [4.78, 5) is 42.6. The molecule has 1 amide bonds. The third-order valence-corrected chi connectivity index (χ3v) is 4.83. The number of rotatable bonds is 2. The summed E-state index contributed by atoms with van der Waals surface area (Å²) in [5, 5.41) is 1.67. The third kappa shape index (κ3) is 2.76. The topological polar surface area (TPSA) is 91.0 Å². The Hall–Kier alpha value is -2.80. The Morgan fingerprint density at radius 2 is 2.04 bits per heavy atom. The predicted molar refractivity (Wildman–Crippen MR) is 93.8 cm³/mol. The Morgan fingerprint density at radius 1 is 1.20 bits per heavy atom. The van der Waals surface area contributed by atoms with Crippen molar-refractivity contribution in [3.8, 4) is 0 Å². The minimum Gasteiger partial charge on any atom is -0.357 e. The van der Waals surface area contributed by atoms with Crippen LogP contribution in [0.15, 0.2) is 40.1 Å². The number of benzene rings is 1. The van der Waals surface area contributed by atoms with E-state index in [9.17, 15) is 14.4 Å². The van der Waals surface area contributed by atoms with Gasteiger partial charge in [0.2, 0.25) is 5.91 Å². The van der Waals surface area contributed by atoms with Crippen LogP contribution < -0.4 is 11.2 Å². The largest absolute Gasteiger partial charge is 0.357 e. The molecule has 7 nitrogen and oxygen atoms in total. The van der Waals surface area contributed by atoms with Crippen LogP contribution in [-0.2, 0) is 24.3 Å². The van der Waals surface area contributed by atoms with E-state index in [-0.39, 0.29) is 12.5 Å². The summed E-state index contributed by atoms with van der Waals surface area (Å²) in [5.41, 5.74) is 1.98. The van der Waals surface area contributed by atoms with E-state index in [1.807, 2.05) is 18.2 Å². The summed E-state index contributed by atoms with van der Waals surface area (Å²) in [6.07, 6.45) is 2.03. The first-order chi connectivity index (χ1) is 12.0. The van der Waals surface area contributed by atoms with E-state index in [1.165, 1.54) is 16.8 Å². The number of hydrogen-bond donors (Lipinski definition) is 2. The fraction of sp³-hybridized carbons (Fsp3) is 0.235. The van der Waals surface area contributed by atoms with Gasteiger partial charge in [0, 0.05) is 48.4 Å². The molecule has 128 valence electrons. The van der Waals surface area contributed by atoms with E-state index in [0.717, 1.165) is 22.2 Å². The Kier molecular flexibility index (Phi) is 3.73. The molecule has 0 saturated heterocycles. The molecule has 0 bridgehead atoms. The highest BCUT2D eigenvalue weighted by Crippen LogP contribution is 2.31. The molecule has 0 radical (unpaired) electrons. The average molecular weight is 359 g/mol. The highest BCUT2D eigenvalue weighted by molar-refractivity contribution is 6.35. The molecule has 1 aliphatic rings. The van der Waals surface area contributed by atoms with Crippen molar-refractivity contribution in [2.75, 3.05) is 6.54 Å². The lowest BCUT2D eigenvalue weighted by molar-refractivity contribution is -0.132. The minimum absolute atomic E-state index is 0.103. The molecule has 4 rings (SSSR count). The Labute approximate surface area is 146 Å². The van der Waals surface area contributed by atoms with Gasteiger partial charge in [-0.05, 0) is 6.07 Å². The lowest BCUT2D eigenvalue weighted by atomic mass is 10.0. The quantitative estimate of drug-likeness (QED) is 0.722. The second-order valence-corrected chi connectivity index (χ2v) is 6.46. The molecular formula is C17H15ClN4O3. The van der Waals surface area contributed by atoms with Crippen LogP contribution in [0.3, 0.4) is 0 Å². The van der Waals surface area contributed by atoms with E-state index >= 15 is 0 Å². The maximum atomic E-state index is 12.6. The van der Waals surface area contributed by atoms with Gasteiger partial charge in [-0.15, -0.1) is 0 Å². The molecule has 0 spiro atoms. The van der Waals surface area contributed by atoms with Crippen LogP contribution in [0.25, 0.3) is 10.9 Å². The number of nitrogens with one attached hydrogen (secondary N) is 2. The van der Waals surface area contributed by atoms with Crippen LogP contribution in [-0.4, -0.2) is 31.9 Å². The van der Waals surface area contributed by atoms with Crippen molar-refractivity contribution >= 4 is 28.4 Å². The summed E-state index contributed by atoms with van der Waals surface area (Å²) in [7, 11) is 0. The Morgan fingerprint density at radius 3 is 2.84 bits per heavy atom. The van der Waals surface area contributed by atoms with Crippen molar-refractivity contribution in [1.82, 2.24) is 19.4 Å². The standard InChI is InChI=1S/C17H15ClN4O3/c18-12-3-1-2-10-11-8-21(6-4-13(11)19-16(10)12)15(24)9-22-7-5-14(23)20-17(22)25/h1-3,5,7,19H,4,6,8-9H2,(H,20,23,25). The van der Waals surface area contributed by atoms with Gasteiger partial charge in [0.05, 0.1) is 10.5 Å². The van der Waals surface area contributed by atoms with Crippen LogP contribution in [0.1, 0.15) is 11.3 Å². The summed E-state index contributed by atoms with van der Waals surface area (Å²) in [6.45, 7) is 0.926. The molecule has 0 fully saturated rings. The summed E-state index contributed by atoms with van der Waals surface area (Å²) in [5.74, 6) is -0.170. The monoisotopic (exact) mass is 358 g/mol. The number of aromatic amines is 2. The first-order valence-electron chi connectivity index (χ1n) is 7.88. The zero-order valence-electron chi connectivity index (χ0n) is 13.2. The van der Waals surface area contributed by atoms with Gasteiger partial charge in [-0.1, -0.05) is 23.7 Å². The van der Waals surface area contributed by atoms with Gasteiger partial charge >= 0.3 is 5.69 Å². The molecule has 1 aliphatic heterocycles. The zero-order valence-corrected chi connectivity index (χ0v) is 14.0. The highest BCUT2D eigenvalue weighted by Gasteiger charge is 2.24.